The van der Waals surface area contributed by atoms with Gasteiger partial charge in [-0.1, -0.05) is 18.2 Å². The van der Waals surface area contributed by atoms with E-state index in [1.54, 1.807) is 0 Å². The first kappa shape index (κ1) is 8.34. The Morgan fingerprint density at radius 1 is 1.06 bits per heavy atom. The summed E-state index contributed by atoms with van der Waals surface area (Å²) in [5.41, 5.74) is 3.77. The summed E-state index contributed by atoms with van der Waals surface area (Å²) in [6.45, 7) is 0. The van der Waals surface area contributed by atoms with Gasteiger partial charge in [-0.25, -0.2) is 0 Å². The molecule has 0 saturated carbocycles. The Morgan fingerprint density at radius 3 is 3.00 bits per heavy atom. The zero-order valence-corrected chi connectivity index (χ0v) is 8.96. The minimum absolute atomic E-state index is 1.12. The minimum Gasteiger partial charge on any atom is -0.364 e. The van der Waals surface area contributed by atoms with Crippen LogP contribution in [0.3, 0.4) is 0 Å². The molecule has 2 nitrogen and oxygen atoms in total. The molecule has 0 spiro atoms. The minimum atomic E-state index is 1.12. The number of aryl methyl sites for hydroxylation is 2. The van der Waals surface area contributed by atoms with Crippen LogP contribution in [0.4, 0.5) is 0 Å². The lowest BCUT2D eigenvalue weighted by Crippen LogP contribution is -2.02. The van der Waals surface area contributed by atoms with Gasteiger partial charge in [-0.2, -0.15) is 0 Å². The molecule has 2 heteroatoms. The molecule has 0 atom stereocenters. The number of rotatable bonds is 0. The van der Waals surface area contributed by atoms with E-state index >= 15 is 0 Å². The lowest BCUT2D eigenvalue weighted by Gasteiger charge is -2.12. The fourth-order valence-corrected chi connectivity index (χ4v) is 2.82. The highest BCUT2D eigenvalue weighted by molar-refractivity contribution is 6.07. The van der Waals surface area contributed by atoms with Crippen LogP contribution in [0.5, 0.6) is 0 Å². The van der Waals surface area contributed by atoms with Gasteiger partial charge in [-0.3, -0.25) is 4.98 Å². The summed E-state index contributed by atoms with van der Waals surface area (Å²) in [5.74, 6) is 0. The lowest BCUT2D eigenvalue weighted by atomic mass is 9.97. The van der Waals surface area contributed by atoms with E-state index < -0.39 is 0 Å². The number of hydrogen-bond acceptors (Lipinski definition) is 1. The summed E-state index contributed by atoms with van der Waals surface area (Å²) in [7, 11) is 0. The summed E-state index contributed by atoms with van der Waals surface area (Å²) in [6.07, 6.45) is 5.64. The number of para-hydroxylation sites is 1. The third-order valence-corrected chi connectivity index (χ3v) is 3.54. The molecule has 2 aromatic heterocycles. The summed E-state index contributed by atoms with van der Waals surface area (Å²) in [5, 5.41) is 3.99. The van der Waals surface area contributed by atoms with Crippen LogP contribution in [0.25, 0.3) is 21.7 Å². The number of benzene rings is 1. The van der Waals surface area contributed by atoms with E-state index in [0.717, 1.165) is 18.4 Å². The molecular formula is C14H12N2. The van der Waals surface area contributed by atoms with Crippen molar-refractivity contribution in [3.05, 3.63) is 41.9 Å². The van der Waals surface area contributed by atoms with Gasteiger partial charge >= 0.3 is 0 Å². The van der Waals surface area contributed by atoms with Crippen LogP contribution in [0, 0.1) is 0 Å². The van der Waals surface area contributed by atoms with E-state index in [1.165, 1.54) is 34.0 Å². The highest BCUT2D eigenvalue weighted by atomic mass is 14.8. The zero-order chi connectivity index (χ0) is 10.5. The molecule has 2 heterocycles. The Balaban J connectivity index is 2.30. The van der Waals surface area contributed by atoms with E-state index in [9.17, 15) is 0 Å². The number of aromatic nitrogens is 2. The van der Waals surface area contributed by atoms with Crippen LogP contribution in [-0.4, -0.2) is 9.97 Å². The molecule has 0 fully saturated rings. The second kappa shape index (κ2) is 2.85. The predicted octanol–water partition coefficient (Wildman–Crippen LogP) is 3.20. The molecule has 0 aliphatic heterocycles. The van der Waals surface area contributed by atoms with Crippen LogP contribution in [0.1, 0.15) is 17.8 Å². The van der Waals surface area contributed by atoms with Gasteiger partial charge < -0.3 is 4.98 Å². The smallest absolute Gasteiger partial charge is 0.0712 e. The van der Waals surface area contributed by atoms with E-state index in [0.29, 0.717) is 0 Å². The molecule has 0 radical (unpaired) electrons. The molecule has 3 aromatic rings. The second-order valence-corrected chi connectivity index (χ2v) is 4.49. The van der Waals surface area contributed by atoms with Crippen LogP contribution in [0.15, 0.2) is 30.5 Å². The van der Waals surface area contributed by atoms with Crippen LogP contribution in [0.2, 0.25) is 0 Å². The van der Waals surface area contributed by atoms with Gasteiger partial charge in [-0.05, 0) is 25.3 Å². The topological polar surface area (TPSA) is 28.7 Å². The van der Waals surface area contributed by atoms with Crippen molar-refractivity contribution in [2.24, 2.45) is 0 Å². The van der Waals surface area contributed by atoms with Gasteiger partial charge in [0, 0.05) is 28.0 Å². The number of nitrogens with zero attached hydrogens (tertiary/aromatic N) is 1. The maximum absolute atomic E-state index is 4.79. The second-order valence-electron chi connectivity index (χ2n) is 4.49. The van der Waals surface area contributed by atoms with Crippen molar-refractivity contribution in [2.45, 2.75) is 19.3 Å². The first-order chi connectivity index (χ1) is 7.93. The third-order valence-electron chi connectivity index (χ3n) is 3.54. The van der Waals surface area contributed by atoms with Crippen LogP contribution in [-0.2, 0) is 12.8 Å². The highest BCUT2D eigenvalue weighted by Gasteiger charge is 2.17. The Morgan fingerprint density at radius 2 is 2.00 bits per heavy atom. The quantitative estimate of drug-likeness (QED) is 0.603. The molecule has 1 aliphatic carbocycles. The SMILES string of the molecule is c1ccc2c(c1)nc1c3c([nH]cc32)CCC1. The van der Waals surface area contributed by atoms with Crippen molar-refractivity contribution in [2.75, 3.05) is 0 Å². The number of hydrogen-bond donors (Lipinski definition) is 1. The van der Waals surface area contributed by atoms with Gasteiger partial charge in [0.25, 0.3) is 0 Å². The number of aromatic amines is 1. The van der Waals surface area contributed by atoms with Crippen molar-refractivity contribution in [1.82, 2.24) is 9.97 Å². The molecule has 78 valence electrons. The summed E-state index contributed by atoms with van der Waals surface area (Å²) >= 11 is 0. The zero-order valence-electron chi connectivity index (χ0n) is 8.96. The average Bonchev–Trinajstić information content (AvgIpc) is 2.76. The number of pyridine rings is 1. The molecule has 1 aliphatic rings. The molecule has 0 amide bonds. The standard InChI is InChI=1S/C14H12N2/c1-2-5-11-9(4-1)10-8-15-12-6-3-7-13(16-11)14(10)12/h1-2,4-5,8,15H,3,6-7H2. The van der Waals surface area contributed by atoms with Gasteiger partial charge in [0.05, 0.1) is 11.2 Å². The highest BCUT2D eigenvalue weighted by Crippen LogP contribution is 2.32. The molecular weight excluding hydrogens is 196 g/mol. The summed E-state index contributed by atoms with van der Waals surface area (Å²) in [4.78, 5) is 8.19. The van der Waals surface area contributed by atoms with Crippen molar-refractivity contribution >= 4 is 21.7 Å². The molecule has 0 bridgehead atoms. The third kappa shape index (κ3) is 0.941. The van der Waals surface area contributed by atoms with Gasteiger partial charge in [0.1, 0.15) is 0 Å². The number of fused-ring (bicyclic) bond motifs is 2. The maximum Gasteiger partial charge on any atom is 0.0712 e. The summed E-state index contributed by atoms with van der Waals surface area (Å²) < 4.78 is 0. The van der Waals surface area contributed by atoms with Gasteiger partial charge in [-0.15, -0.1) is 0 Å². The molecule has 4 rings (SSSR count). The van der Waals surface area contributed by atoms with Crippen molar-refractivity contribution in [3.63, 3.8) is 0 Å². The molecule has 1 N–H and O–H groups in total. The first-order valence-corrected chi connectivity index (χ1v) is 5.81. The Hall–Kier alpha value is -1.83. The van der Waals surface area contributed by atoms with Gasteiger partial charge in [0.2, 0.25) is 0 Å². The number of H-pyrrole nitrogens is 1. The Bertz CT molecular complexity index is 694. The van der Waals surface area contributed by atoms with Crippen molar-refractivity contribution in [1.29, 1.82) is 0 Å². The molecule has 16 heavy (non-hydrogen) atoms. The van der Waals surface area contributed by atoms with E-state index in [1.807, 2.05) is 0 Å². The first-order valence-electron chi connectivity index (χ1n) is 5.81. The van der Waals surface area contributed by atoms with Crippen molar-refractivity contribution < 1.29 is 0 Å². The van der Waals surface area contributed by atoms with Gasteiger partial charge in [0.15, 0.2) is 0 Å². The van der Waals surface area contributed by atoms with Crippen LogP contribution >= 0.6 is 0 Å². The van der Waals surface area contributed by atoms with Crippen molar-refractivity contribution in [3.8, 4) is 0 Å². The molecule has 0 saturated heterocycles. The molecule has 1 aromatic carbocycles. The van der Waals surface area contributed by atoms with E-state index in [-0.39, 0.29) is 0 Å². The lowest BCUT2D eigenvalue weighted by molar-refractivity contribution is 0.775. The van der Waals surface area contributed by atoms with E-state index in [2.05, 4.69) is 35.4 Å². The number of nitrogens with one attached hydrogen (secondary N) is 1. The van der Waals surface area contributed by atoms with E-state index in [4.69, 9.17) is 4.98 Å². The predicted molar refractivity (Wildman–Crippen MR) is 65.6 cm³/mol. The summed E-state index contributed by atoms with van der Waals surface area (Å²) in [6, 6.07) is 8.41. The van der Waals surface area contributed by atoms with Crippen LogP contribution < -0.4 is 0 Å². The Labute approximate surface area is 93.3 Å². The largest absolute Gasteiger partial charge is 0.364 e. The normalized spacial score (nSPS) is 14.8. The average molecular weight is 208 g/mol. The Kier molecular flexibility index (Phi) is 1.48. The maximum atomic E-state index is 4.79. The molecule has 0 unspecified atom stereocenters. The fourth-order valence-electron chi connectivity index (χ4n) is 2.82. The monoisotopic (exact) mass is 208 g/mol. The fraction of sp³-hybridized carbons (Fsp3) is 0.214.